The highest BCUT2D eigenvalue weighted by Crippen LogP contribution is 2.38. The predicted molar refractivity (Wildman–Crippen MR) is 119 cm³/mol. The van der Waals surface area contributed by atoms with Gasteiger partial charge in [0.1, 0.15) is 0 Å². The maximum atomic E-state index is 12.4. The molecule has 1 amide bonds. The molecule has 0 aliphatic carbocycles. The zero-order chi connectivity index (χ0) is 22.4. The topological polar surface area (TPSA) is 142 Å². The summed E-state index contributed by atoms with van der Waals surface area (Å²) in [5, 5.41) is 15.8. The number of rotatable bonds is 9. The van der Waals surface area contributed by atoms with Gasteiger partial charge in [0, 0.05) is 17.2 Å². The number of thiazole rings is 1. The van der Waals surface area contributed by atoms with Gasteiger partial charge in [-0.1, -0.05) is 18.3 Å². The lowest BCUT2D eigenvalue weighted by molar-refractivity contribution is -0.386. The predicted octanol–water partition coefficient (Wildman–Crippen LogP) is 3.74. The Labute approximate surface area is 181 Å². The monoisotopic (exact) mass is 443 g/mol. The SMILES string of the molecule is CCCOc1c(OCC)cc(/C=N\NC(=O)c2ccc3nc(N)sc3c2)cc1[N+](=O)[O-]. The second kappa shape index (κ2) is 9.85. The number of hydrogen-bond donors (Lipinski definition) is 2. The Kier molecular flexibility index (Phi) is 6.98. The van der Waals surface area contributed by atoms with Gasteiger partial charge in [0.15, 0.2) is 10.9 Å². The first-order valence-corrected chi connectivity index (χ1v) is 10.3. The summed E-state index contributed by atoms with van der Waals surface area (Å²) >= 11 is 1.28. The number of nitrogens with zero attached hydrogens (tertiary/aromatic N) is 3. The highest BCUT2D eigenvalue weighted by atomic mass is 32.1. The Hall–Kier alpha value is -3.73. The molecule has 31 heavy (non-hydrogen) atoms. The molecule has 0 bridgehead atoms. The molecule has 0 saturated carbocycles. The first kappa shape index (κ1) is 22.0. The Balaban J connectivity index is 1.81. The number of nitrogens with one attached hydrogen (secondary N) is 1. The van der Waals surface area contributed by atoms with Gasteiger partial charge in [-0.2, -0.15) is 5.10 Å². The third kappa shape index (κ3) is 5.25. The molecular weight excluding hydrogens is 422 g/mol. The van der Waals surface area contributed by atoms with E-state index < -0.39 is 10.8 Å². The molecule has 0 unspecified atom stereocenters. The number of ether oxygens (including phenoxy) is 2. The average molecular weight is 443 g/mol. The number of nitro groups is 1. The molecule has 10 nitrogen and oxygen atoms in total. The van der Waals surface area contributed by atoms with Gasteiger partial charge in [-0.25, -0.2) is 10.4 Å². The molecule has 2 aromatic carbocycles. The second-order valence-corrected chi connectivity index (χ2v) is 7.40. The molecule has 0 spiro atoms. The van der Waals surface area contributed by atoms with Crippen LogP contribution < -0.4 is 20.6 Å². The number of fused-ring (bicyclic) bond motifs is 1. The fourth-order valence-corrected chi connectivity index (χ4v) is 3.52. The number of nitro benzene ring substituents is 1. The largest absolute Gasteiger partial charge is 0.490 e. The molecule has 0 atom stereocenters. The van der Waals surface area contributed by atoms with Crippen LogP contribution in [0.5, 0.6) is 11.5 Å². The van der Waals surface area contributed by atoms with Crippen molar-refractivity contribution < 1.29 is 19.2 Å². The van der Waals surface area contributed by atoms with Crippen LogP contribution in [0.1, 0.15) is 36.2 Å². The number of nitrogen functional groups attached to an aromatic ring is 1. The van der Waals surface area contributed by atoms with Crippen LogP contribution in [0.4, 0.5) is 10.8 Å². The molecule has 3 N–H and O–H groups in total. The number of amides is 1. The maximum Gasteiger partial charge on any atom is 0.315 e. The Morgan fingerprint density at radius 1 is 1.32 bits per heavy atom. The minimum absolute atomic E-state index is 0.0759. The zero-order valence-corrected chi connectivity index (χ0v) is 17.8. The van der Waals surface area contributed by atoms with Gasteiger partial charge >= 0.3 is 5.69 Å². The van der Waals surface area contributed by atoms with Crippen molar-refractivity contribution >= 4 is 44.5 Å². The summed E-state index contributed by atoms with van der Waals surface area (Å²) < 4.78 is 11.8. The maximum absolute atomic E-state index is 12.4. The fourth-order valence-electron chi connectivity index (χ4n) is 2.74. The Bertz CT molecular complexity index is 1140. The standard InChI is InChI=1S/C20H21N5O5S/c1-3-7-30-18-15(25(27)28)8-12(9-16(18)29-4-2)11-22-24-19(26)13-5-6-14-17(10-13)31-20(21)23-14/h5-6,8-11H,3-4,7H2,1-2H3,(H2,21,23)(H,24,26)/b22-11-. The Morgan fingerprint density at radius 2 is 2.13 bits per heavy atom. The van der Waals surface area contributed by atoms with E-state index in [1.54, 1.807) is 31.2 Å². The van der Waals surface area contributed by atoms with E-state index in [2.05, 4.69) is 15.5 Å². The van der Waals surface area contributed by atoms with Crippen LogP contribution in [-0.4, -0.2) is 35.2 Å². The zero-order valence-electron chi connectivity index (χ0n) is 17.0. The van der Waals surface area contributed by atoms with Gasteiger partial charge in [0.2, 0.25) is 5.75 Å². The summed E-state index contributed by atoms with van der Waals surface area (Å²) in [6, 6.07) is 7.88. The second-order valence-electron chi connectivity index (χ2n) is 6.34. The average Bonchev–Trinajstić information content (AvgIpc) is 3.11. The van der Waals surface area contributed by atoms with Crippen LogP contribution in [0.2, 0.25) is 0 Å². The molecule has 162 valence electrons. The molecule has 1 heterocycles. The van der Waals surface area contributed by atoms with Gasteiger partial charge in [0.25, 0.3) is 5.91 Å². The number of aromatic nitrogens is 1. The summed E-state index contributed by atoms with van der Waals surface area (Å²) in [5.41, 5.74) is 9.33. The molecule has 0 aliphatic heterocycles. The number of nitrogens with two attached hydrogens (primary N) is 1. The molecule has 1 aromatic heterocycles. The van der Waals surface area contributed by atoms with E-state index in [1.807, 2.05) is 6.92 Å². The van der Waals surface area contributed by atoms with Crippen molar-refractivity contribution in [2.24, 2.45) is 5.10 Å². The highest BCUT2D eigenvalue weighted by molar-refractivity contribution is 7.22. The first-order chi connectivity index (χ1) is 14.9. The van der Waals surface area contributed by atoms with Gasteiger partial charge in [0.05, 0.1) is 34.6 Å². The van der Waals surface area contributed by atoms with Gasteiger partial charge in [-0.15, -0.1) is 0 Å². The van der Waals surface area contributed by atoms with Gasteiger partial charge in [-0.3, -0.25) is 14.9 Å². The molecule has 3 aromatic rings. The number of anilines is 1. The fraction of sp³-hybridized carbons (Fsp3) is 0.250. The lowest BCUT2D eigenvalue weighted by Gasteiger charge is -2.12. The molecule has 3 rings (SSSR count). The molecule has 0 saturated heterocycles. The number of hydrazone groups is 1. The van der Waals surface area contributed by atoms with E-state index in [0.29, 0.717) is 41.4 Å². The van der Waals surface area contributed by atoms with E-state index in [9.17, 15) is 14.9 Å². The summed E-state index contributed by atoms with van der Waals surface area (Å²) in [7, 11) is 0. The van der Waals surface area contributed by atoms with Gasteiger partial charge < -0.3 is 15.2 Å². The van der Waals surface area contributed by atoms with Crippen LogP contribution in [-0.2, 0) is 0 Å². The molecule has 0 fully saturated rings. The van der Waals surface area contributed by atoms with Crippen molar-refractivity contribution in [1.82, 2.24) is 10.4 Å². The van der Waals surface area contributed by atoms with E-state index in [-0.39, 0.29) is 17.2 Å². The summed E-state index contributed by atoms with van der Waals surface area (Å²) in [6.07, 6.45) is 2.00. The number of carbonyl (C=O) groups is 1. The number of hydrogen-bond acceptors (Lipinski definition) is 9. The van der Waals surface area contributed by atoms with Crippen LogP contribution in [0.15, 0.2) is 35.4 Å². The number of carbonyl (C=O) groups excluding carboxylic acids is 1. The van der Waals surface area contributed by atoms with Crippen LogP contribution >= 0.6 is 11.3 Å². The van der Waals surface area contributed by atoms with Crippen LogP contribution in [0.3, 0.4) is 0 Å². The summed E-state index contributed by atoms with van der Waals surface area (Å²) in [5.74, 6) is -0.120. The van der Waals surface area contributed by atoms with Crippen molar-refractivity contribution in [3.05, 3.63) is 51.6 Å². The minimum atomic E-state index is -0.542. The van der Waals surface area contributed by atoms with E-state index >= 15 is 0 Å². The molecule has 0 aliphatic rings. The summed E-state index contributed by atoms with van der Waals surface area (Å²) in [6.45, 7) is 4.29. The van der Waals surface area contributed by atoms with E-state index in [0.717, 1.165) is 4.70 Å². The highest BCUT2D eigenvalue weighted by Gasteiger charge is 2.22. The van der Waals surface area contributed by atoms with Crippen molar-refractivity contribution in [2.75, 3.05) is 18.9 Å². The van der Waals surface area contributed by atoms with Gasteiger partial charge in [-0.05, 0) is 37.6 Å². The minimum Gasteiger partial charge on any atom is -0.490 e. The third-order valence-corrected chi connectivity index (χ3v) is 4.90. The lowest BCUT2D eigenvalue weighted by atomic mass is 10.2. The van der Waals surface area contributed by atoms with Crippen molar-refractivity contribution in [3.63, 3.8) is 0 Å². The Morgan fingerprint density at radius 3 is 2.84 bits per heavy atom. The third-order valence-electron chi connectivity index (χ3n) is 4.05. The van der Waals surface area contributed by atoms with Crippen molar-refractivity contribution in [2.45, 2.75) is 20.3 Å². The van der Waals surface area contributed by atoms with Crippen molar-refractivity contribution in [1.29, 1.82) is 0 Å². The summed E-state index contributed by atoms with van der Waals surface area (Å²) in [4.78, 5) is 27.5. The normalized spacial score (nSPS) is 11.0. The van der Waals surface area contributed by atoms with Crippen LogP contribution in [0.25, 0.3) is 10.2 Å². The first-order valence-electron chi connectivity index (χ1n) is 9.50. The molecular formula is C20H21N5O5S. The molecule has 11 heteroatoms. The van der Waals surface area contributed by atoms with E-state index in [1.165, 1.54) is 23.6 Å². The quantitative estimate of drug-likeness (QED) is 0.291. The smallest absolute Gasteiger partial charge is 0.315 e. The van der Waals surface area contributed by atoms with Crippen LogP contribution in [0, 0.1) is 10.1 Å². The lowest BCUT2D eigenvalue weighted by Crippen LogP contribution is -2.17. The molecule has 0 radical (unpaired) electrons. The van der Waals surface area contributed by atoms with Crippen molar-refractivity contribution in [3.8, 4) is 11.5 Å². The number of benzene rings is 2. The van der Waals surface area contributed by atoms with E-state index in [4.69, 9.17) is 15.2 Å².